The molecule has 2 N–H and O–H groups in total. The van der Waals surface area contributed by atoms with E-state index in [1.165, 1.54) is 0 Å². The van der Waals surface area contributed by atoms with Gasteiger partial charge in [0.15, 0.2) is 0 Å². The van der Waals surface area contributed by atoms with Crippen molar-refractivity contribution in [3.05, 3.63) is 60.2 Å². The Morgan fingerprint density at radius 3 is 2.43 bits per heavy atom. The summed E-state index contributed by atoms with van der Waals surface area (Å²) in [4.78, 5) is 12.0. The smallest absolute Gasteiger partial charge is 0.222 e. The van der Waals surface area contributed by atoms with E-state index >= 15 is 0 Å². The molecule has 2 aromatic carbocycles. The highest BCUT2D eigenvalue weighted by molar-refractivity contribution is 5.77. The summed E-state index contributed by atoms with van der Waals surface area (Å²) in [6.07, 6.45) is 0.435. The molecule has 2 rings (SSSR count). The molecule has 0 spiro atoms. The number of hydrogen-bond acceptors (Lipinski definition) is 3. The molecule has 0 heterocycles. The second kappa shape index (κ2) is 8.83. The number of ether oxygens (including phenoxy) is 1. The number of carbonyl (C=O) groups excluding carboxylic acids is 1. The van der Waals surface area contributed by atoms with Gasteiger partial charge in [-0.25, -0.2) is 0 Å². The van der Waals surface area contributed by atoms with Gasteiger partial charge in [0, 0.05) is 18.7 Å². The van der Waals surface area contributed by atoms with Crippen LogP contribution in [0.2, 0.25) is 0 Å². The fraction of sp³-hybridized carbons (Fsp3) is 0.316. The summed E-state index contributed by atoms with van der Waals surface area (Å²) in [5.41, 5.74) is 2.10. The maximum Gasteiger partial charge on any atom is 0.222 e. The first-order valence-electron chi connectivity index (χ1n) is 8.00. The van der Waals surface area contributed by atoms with Crippen molar-refractivity contribution in [2.24, 2.45) is 0 Å². The number of benzene rings is 2. The van der Waals surface area contributed by atoms with Gasteiger partial charge in [-0.2, -0.15) is 0 Å². The maximum atomic E-state index is 12.0. The molecule has 1 unspecified atom stereocenters. The largest absolute Gasteiger partial charge is 0.494 e. The van der Waals surface area contributed by atoms with Crippen molar-refractivity contribution in [2.75, 3.05) is 18.5 Å². The van der Waals surface area contributed by atoms with Crippen LogP contribution in [0.4, 0.5) is 5.69 Å². The van der Waals surface area contributed by atoms with Gasteiger partial charge in [-0.05, 0) is 43.7 Å². The van der Waals surface area contributed by atoms with E-state index in [0.717, 1.165) is 17.0 Å². The van der Waals surface area contributed by atoms with Crippen LogP contribution < -0.4 is 15.4 Å². The van der Waals surface area contributed by atoms with Crippen molar-refractivity contribution < 1.29 is 9.53 Å². The molecule has 23 heavy (non-hydrogen) atoms. The molecule has 122 valence electrons. The summed E-state index contributed by atoms with van der Waals surface area (Å²) in [6.45, 7) is 5.21. The van der Waals surface area contributed by atoms with Crippen molar-refractivity contribution in [2.45, 2.75) is 26.3 Å². The van der Waals surface area contributed by atoms with Crippen LogP contribution in [-0.4, -0.2) is 19.1 Å². The zero-order chi connectivity index (χ0) is 16.5. The summed E-state index contributed by atoms with van der Waals surface area (Å²) < 4.78 is 5.40. The lowest BCUT2D eigenvalue weighted by Crippen LogP contribution is -2.28. The minimum Gasteiger partial charge on any atom is -0.494 e. The van der Waals surface area contributed by atoms with E-state index in [4.69, 9.17) is 4.74 Å². The van der Waals surface area contributed by atoms with Crippen molar-refractivity contribution in [1.29, 1.82) is 0 Å². The molecule has 0 aliphatic carbocycles. The molecule has 0 saturated heterocycles. The van der Waals surface area contributed by atoms with Crippen LogP contribution in [0.15, 0.2) is 54.6 Å². The molecule has 0 bridgehead atoms. The molecule has 0 saturated carbocycles. The molecule has 4 heteroatoms. The van der Waals surface area contributed by atoms with E-state index in [2.05, 4.69) is 10.6 Å². The van der Waals surface area contributed by atoms with Gasteiger partial charge in [0.2, 0.25) is 5.91 Å². The molecule has 0 radical (unpaired) electrons. The molecular weight excluding hydrogens is 288 g/mol. The quantitative estimate of drug-likeness (QED) is 0.780. The van der Waals surface area contributed by atoms with E-state index in [-0.39, 0.29) is 11.9 Å². The molecule has 0 aliphatic heterocycles. The minimum absolute atomic E-state index is 0.0224. The predicted molar refractivity (Wildman–Crippen MR) is 93.7 cm³/mol. The fourth-order valence-corrected chi connectivity index (χ4v) is 2.29. The Kier molecular flexibility index (Phi) is 6.48. The van der Waals surface area contributed by atoms with Gasteiger partial charge in [0.25, 0.3) is 0 Å². The Labute approximate surface area is 137 Å². The third-order valence-corrected chi connectivity index (χ3v) is 3.52. The first-order chi connectivity index (χ1) is 11.2. The van der Waals surface area contributed by atoms with Gasteiger partial charge in [0.1, 0.15) is 5.75 Å². The molecule has 4 nitrogen and oxygen atoms in total. The lowest BCUT2D eigenvalue weighted by atomic mass is 10.1. The third-order valence-electron chi connectivity index (χ3n) is 3.52. The number of hydrogen-bond donors (Lipinski definition) is 2. The number of nitrogens with one attached hydrogen (secondary N) is 2. The Hall–Kier alpha value is -2.49. The Morgan fingerprint density at radius 1 is 1.09 bits per heavy atom. The van der Waals surface area contributed by atoms with E-state index in [0.29, 0.717) is 19.6 Å². The number of amides is 1. The normalized spacial score (nSPS) is 11.6. The van der Waals surface area contributed by atoms with Crippen molar-refractivity contribution in [1.82, 2.24) is 5.32 Å². The second-order valence-electron chi connectivity index (χ2n) is 5.33. The Bertz CT molecular complexity index is 597. The first-order valence-corrected chi connectivity index (χ1v) is 8.00. The van der Waals surface area contributed by atoms with E-state index in [9.17, 15) is 4.79 Å². The Morgan fingerprint density at radius 2 is 1.78 bits per heavy atom. The maximum absolute atomic E-state index is 12.0. The van der Waals surface area contributed by atoms with Gasteiger partial charge in [-0.15, -0.1) is 0 Å². The van der Waals surface area contributed by atoms with Gasteiger partial charge in [-0.3, -0.25) is 4.79 Å². The fourth-order valence-electron chi connectivity index (χ4n) is 2.29. The van der Waals surface area contributed by atoms with Crippen LogP contribution in [0.25, 0.3) is 0 Å². The van der Waals surface area contributed by atoms with E-state index in [1.807, 2.05) is 68.4 Å². The molecule has 0 aliphatic rings. The van der Waals surface area contributed by atoms with Gasteiger partial charge in [0.05, 0.1) is 12.6 Å². The summed E-state index contributed by atoms with van der Waals surface area (Å²) in [6, 6.07) is 17.7. The highest BCUT2D eigenvalue weighted by atomic mass is 16.5. The Balaban J connectivity index is 1.72. The summed E-state index contributed by atoms with van der Waals surface area (Å²) >= 11 is 0. The summed E-state index contributed by atoms with van der Waals surface area (Å²) in [5.74, 6) is 0.896. The summed E-state index contributed by atoms with van der Waals surface area (Å²) in [5, 5.41) is 6.25. The van der Waals surface area contributed by atoms with Crippen molar-refractivity contribution in [3.63, 3.8) is 0 Å². The van der Waals surface area contributed by atoms with Crippen LogP contribution >= 0.6 is 0 Å². The number of carbonyl (C=O) groups is 1. The van der Waals surface area contributed by atoms with Gasteiger partial charge in [-0.1, -0.05) is 30.3 Å². The predicted octanol–water partition coefficient (Wildman–Crippen LogP) is 3.76. The third kappa shape index (κ3) is 5.66. The van der Waals surface area contributed by atoms with Crippen LogP contribution in [-0.2, 0) is 4.79 Å². The van der Waals surface area contributed by atoms with Gasteiger partial charge >= 0.3 is 0 Å². The standard InChI is InChI=1S/C19H24N2O2/c1-3-23-18-11-9-17(10-12-18)20-14-13-19(22)21-15(2)16-7-5-4-6-8-16/h4-12,15,20H,3,13-14H2,1-2H3,(H,21,22). The lowest BCUT2D eigenvalue weighted by molar-refractivity contribution is -0.121. The molecular formula is C19H24N2O2. The molecule has 0 aromatic heterocycles. The highest BCUT2D eigenvalue weighted by Gasteiger charge is 2.08. The SMILES string of the molecule is CCOc1ccc(NCCC(=O)NC(C)c2ccccc2)cc1. The minimum atomic E-state index is 0.0224. The molecule has 2 aromatic rings. The lowest BCUT2D eigenvalue weighted by Gasteiger charge is -2.14. The monoisotopic (exact) mass is 312 g/mol. The topological polar surface area (TPSA) is 50.4 Å². The molecule has 0 fully saturated rings. The average Bonchev–Trinajstić information content (AvgIpc) is 2.57. The first kappa shape index (κ1) is 16.9. The van der Waals surface area contributed by atoms with Crippen LogP contribution in [0.5, 0.6) is 5.75 Å². The van der Waals surface area contributed by atoms with Crippen molar-refractivity contribution >= 4 is 11.6 Å². The summed E-state index contributed by atoms with van der Waals surface area (Å²) in [7, 11) is 0. The van der Waals surface area contributed by atoms with Gasteiger partial charge < -0.3 is 15.4 Å². The molecule has 1 amide bonds. The van der Waals surface area contributed by atoms with E-state index in [1.54, 1.807) is 0 Å². The van der Waals surface area contributed by atoms with E-state index < -0.39 is 0 Å². The number of rotatable bonds is 8. The molecule has 1 atom stereocenters. The van der Waals surface area contributed by atoms with Crippen LogP contribution in [0.3, 0.4) is 0 Å². The van der Waals surface area contributed by atoms with Crippen LogP contribution in [0.1, 0.15) is 31.9 Å². The zero-order valence-electron chi connectivity index (χ0n) is 13.7. The zero-order valence-corrected chi connectivity index (χ0v) is 13.7. The average molecular weight is 312 g/mol. The highest BCUT2D eigenvalue weighted by Crippen LogP contribution is 2.15. The van der Waals surface area contributed by atoms with Crippen molar-refractivity contribution in [3.8, 4) is 5.75 Å². The van der Waals surface area contributed by atoms with Crippen LogP contribution in [0, 0.1) is 0 Å². The second-order valence-corrected chi connectivity index (χ2v) is 5.33. The number of anilines is 1.